The fourth-order valence-electron chi connectivity index (χ4n) is 2.75. The van der Waals surface area contributed by atoms with E-state index in [1.807, 2.05) is 43.5 Å². The molecule has 0 fully saturated rings. The molecule has 0 aliphatic rings. The molecule has 0 aliphatic carbocycles. The highest BCUT2D eigenvalue weighted by atomic mass is 32.1. The Labute approximate surface area is 179 Å². The summed E-state index contributed by atoms with van der Waals surface area (Å²) in [5, 5.41) is 8.50. The summed E-state index contributed by atoms with van der Waals surface area (Å²) in [6.45, 7) is 4.93. The van der Waals surface area contributed by atoms with Gasteiger partial charge in [-0.2, -0.15) is 0 Å². The highest BCUT2D eigenvalue weighted by Gasteiger charge is 2.12. The molecule has 0 saturated heterocycles. The van der Waals surface area contributed by atoms with Gasteiger partial charge in [0.1, 0.15) is 11.1 Å². The Morgan fingerprint density at radius 2 is 1.87 bits per heavy atom. The van der Waals surface area contributed by atoms with Gasteiger partial charge in [-0.1, -0.05) is 12.1 Å². The van der Waals surface area contributed by atoms with Crippen LogP contribution >= 0.6 is 11.3 Å². The van der Waals surface area contributed by atoms with Crippen LogP contribution in [0.3, 0.4) is 0 Å². The lowest BCUT2D eigenvalue weighted by atomic mass is 10.2. The third-order valence-corrected chi connectivity index (χ3v) is 5.37. The van der Waals surface area contributed by atoms with E-state index < -0.39 is 0 Å². The number of nitrogens with one attached hydrogen (secondary N) is 2. The lowest BCUT2D eigenvalue weighted by molar-refractivity contribution is -0.120. The molecule has 2 aromatic heterocycles. The molecule has 3 rings (SSSR count). The third kappa shape index (κ3) is 6.20. The van der Waals surface area contributed by atoms with E-state index >= 15 is 0 Å². The number of benzene rings is 1. The van der Waals surface area contributed by atoms with Crippen molar-refractivity contribution in [3.05, 3.63) is 76.0 Å². The number of hydrogen-bond acceptors (Lipinski definition) is 6. The highest BCUT2D eigenvalue weighted by molar-refractivity contribution is 7.09. The number of ether oxygens (including phenoxy) is 1. The van der Waals surface area contributed by atoms with E-state index in [1.165, 1.54) is 11.3 Å². The molecule has 2 heterocycles. The van der Waals surface area contributed by atoms with Gasteiger partial charge in [0.15, 0.2) is 0 Å². The van der Waals surface area contributed by atoms with Gasteiger partial charge in [0.2, 0.25) is 5.91 Å². The zero-order chi connectivity index (χ0) is 21.3. The second kappa shape index (κ2) is 10.6. The molecule has 1 atom stereocenters. The number of rotatable bonds is 9. The molecule has 2 N–H and O–H groups in total. The van der Waals surface area contributed by atoms with E-state index in [0.717, 1.165) is 16.3 Å². The molecule has 7 nitrogen and oxygen atoms in total. The number of pyridine rings is 1. The van der Waals surface area contributed by atoms with Crippen molar-refractivity contribution in [2.24, 2.45) is 0 Å². The van der Waals surface area contributed by atoms with Crippen molar-refractivity contribution in [2.75, 3.05) is 11.9 Å². The van der Waals surface area contributed by atoms with Gasteiger partial charge in [-0.3, -0.25) is 14.6 Å². The molecule has 1 unspecified atom stereocenters. The van der Waals surface area contributed by atoms with Crippen LogP contribution in [-0.2, 0) is 22.5 Å². The minimum Gasteiger partial charge on any atom is -0.372 e. The zero-order valence-electron chi connectivity index (χ0n) is 16.9. The summed E-state index contributed by atoms with van der Waals surface area (Å²) in [7, 11) is 0. The maximum Gasteiger partial charge on any atom is 0.255 e. The number of thiazole rings is 1. The molecule has 3 aromatic rings. The van der Waals surface area contributed by atoms with Gasteiger partial charge in [0.05, 0.1) is 12.1 Å². The van der Waals surface area contributed by atoms with Gasteiger partial charge in [0.25, 0.3) is 5.91 Å². The van der Waals surface area contributed by atoms with Crippen molar-refractivity contribution in [2.45, 2.75) is 32.9 Å². The van der Waals surface area contributed by atoms with E-state index in [1.54, 1.807) is 24.5 Å². The van der Waals surface area contributed by atoms with Crippen molar-refractivity contribution >= 4 is 28.8 Å². The molecular formula is C22H24N4O3S. The Kier molecular flexibility index (Phi) is 7.64. The molecular weight excluding hydrogens is 400 g/mol. The molecule has 0 saturated carbocycles. The Bertz CT molecular complexity index is 974. The largest absolute Gasteiger partial charge is 0.372 e. The normalized spacial score (nSPS) is 11.7. The van der Waals surface area contributed by atoms with Crippen LogP contribution < -0.4 is 10.6 Å². The lowest BCUT2D eigenvalue weighted by Crippen LogP contribution is -2.24. The second-order valence-electron chi connectivity index (χ2n) is 6.62. The SMILES string of the molecule is CCOC(C)c1nc(CC(=O)NCc2ccc(NC(=O)c3ccncc3)cc2)cs1. The Balaban J connectivity index is 1.46. The fraction of sp³-hybridized carbons (Fsp3) is 0.273. The van der Waals surface area contributed by atoms with Crippen molar-refractivity contribution in [3.8, 4) is 0 Å². The smallest absolute Gasteiger partial charge is 0.255 e. The predicted octanol–water partition coefficient (Wildman–Crippen LogP) is 3.75. The molecule has 0 radical (unpaired) electrons. The van der Waals surface area contributed by atoms with Gasteiger partial charge >= 0.3 is 0 Å². The summed E-state index contributed by atoms with van der Waals surface area (Å²) in [5.74, 6) is -0.286. The van der Waals surface area contributed by atoms with Crippen molar-refractivity contribution in [3.63, 3.8) is 0 Å². The quantitative estimate of drug-likeness (QED) is 0.546. The number of carbonyl (C=O) groups excluding carboxylic acids is 2. The van der Waals surface area contributed by atoms with Crippen LogP contribution in [0.25, 0.3) is 0 Å². The predicted molar refractivity (Wildman–Crippen MR) is 116 cm³/mol. The van der Waals surface area contributed by atoms with E-state index in [9.17, 15) is 9.59 Å². The summed E-state index contributed by atoms with van der Waals surface area (Å²) in [6, 6.07) is 10.7. The average Bonchev–Trinajstić information content (AvgIpc) is 3.22. The molecule has 1 aromatic carbocycles. The number of nitrogens with zero attached hydrogens (tertiary/aromatic N) is 2. The van der Waals surface area contributed by atoms with Crippen molar-refractivity contribution in [1.29, 1.82) is 0 Å². The van der Waals surface area contributed by atoms with Gasteiger partial charge in [0, 0.05) is 42.2 Å². The summed E-state index contributed by atoms with van der Waals surface area (Å²) >= 11 is 1.50. The first-order chi connectivity index (χ1) is 14.5. The van der Waals surface area contributed by atoms with E-state index in [0.29, 0.717) is 24.4 Å². The summed E-state index contributed by atoms with van der Waals surface area (Å²) in [5.41, 5.74) is 2.91. The van der Waals surface area contributed by atoms with Gasteiger partial charge in [-0.25, -0.2) is 4.98 Å². The first kappa shape index (κ1) is 21.6. The van der Waals surface area contributed by atoms with Crippen LogP contribution in [0.2, 0.25) is 0 Å². The zero-order valence-corrected chi connectivity index (χ0v) is 17.7. The number of hydrogen-bond donors (Lipinski definition) is 2. The number of anilines is 1. The molecule has 156 valence electrons. The summed E-state index contributed by atoms with van der Waals surface area (Å²) in [6.07, 6.45) is 3.32. The van der Waals surface area contributed by atoms with E-state index in [4.69, 9.17) is 4.74 Å². The first-order valence-electron chi connectivity index (χ1n) is 9.68. The van der Waals surface area contributed by atoms with E-state index in [2.05, 4.69) is 20.6 Å². The number of aromatic nitrogens is 2. The van der Waals surface area contributed by atoms with Crippen molar-refractivity contribution in [1.82, 2.24) is 15.3 Å². The first-order valence-corrected chi connectivity index (χ1v) is 10.6. The monoisotopic (exact) mass is 424 g/mol. The van der Waals surface area contributed by atoms with Gasteiger partial charge in [-0.15, -0.1) is 11.3 Å². The Hall–Kier alpha value is -3.10. The topological polar surface area (TPSA) is 93.2 Å². The van der Waals surface area contributed by atoms with Gasteiger partial charge < -0.3 is 15.4 Å². The van der Waals surface area contributed by atoms with Crippen LogP contribution in [0.15, 0.2) is 54.2 Å². The average molecular weight is 425 g/mol. The van der Waals surface area contributed by atoms with Crippen LogP contribution in [-0.4, -0.2) is 28.4 Å². The fourth-order valence-corrected chi connectivity index (χ4v) is 3.57. The molecule has 0 aliphatic heterocycles. The van der Waals surface area contributed by atoms with Crippen LogP contribution in [0.5, 0.6) is 0 Å². The number of amides is 2. The standard InChI is InChI=1S/C22H24N4O3S/c1-3-29-15(2)22-26-19(14-30-22)12-20(27)24-13-16-4-6-18(7-5-16)25-21(28)17-8-10-23-11-9-17/h4-11,14-15H,3,12-13H2,1-2H3,(H,24,27)(H,25,28). The maximum atomic E-state index is 12.2. The van der Waals surface area contributed by atoms with Crippen LogP contribution in [0.1, 0.15) is 46.6 Å². The molecule has 0 bridgehead atoms. The second-order valence-corrected chi connectivity index (χ2v) is 7.50. The minimum absolute atomic E-state index is 0.0608. The number of carbonyl (C=O) groups is 2. The molecule has 0 spiro atoms. The summed E-state index contributed by atoms with van der Waals surface area (Å²) < 4.78 is 5.53. The molecule has 8 heteroatoms. The van der Waals surface area contributed by atoms with Crippen LogP contribution in [0, 0.1) is 0 Å². The van der Waals surface area contributed by atoms with Crippen molar-refractivity contribution < 1.29 is 14.3 Å². The highest BCUT2D eigenvalue weighted by Crippen LogP contribution is 2.21. The Morgan fingerprint density at radius 3 is 2.57 bits per heavy atom. The minimum atomic E-state index is -0.195. The summed E-state index contributed by atoms with van der Waals surface area (Å²) in [4.78, 5) is 32.8. The molecule has 2 amide bonds. The van der Waals surface area contributed by atoms with Crippen LogP contribution in [0.4, 0.5) is 5.69 Å². The maximum absolute atomic E-state index is 12.2. The molecule has 30 heavy (non-hydrogen) atoms. The van der Waals surface area contributed by atoms with Gasteiger partial charge in [-0.05, 0) is 43.7 Å². The third-order valence-electron chi connectivity index (χ3n) is 4.32. The lowest BCUT2D eigenvalue weighted by Gasteiger charge is -2.08. The Morgan fingerprint density at radius 1 is 1.13 bits per heavy atom. The van der Waals surface area contributed by atoms with E-state index in [-0.39, 0.29) is 24.3 Å².